The zero-order chi connectivity index (χ0) is 18.2. The van der Waals surface area contributed by atoms with Crippen LogP contribution in [0.15, 0.2) is 42.6 Å². The molecule has 1 fully saturated rings. The van der Waals surface area contributed by atoms with Gasteiger partial charge in [0.25, 0.3) is 5.91 Å². The van der Waals surface area contributed by atoms with Crippen LogP contribution in [0.4, 0.5) is 11.5 Å². The Morgan fingerprint density at radius 2 is 2.08 bits per heavy atom. The molecule has 1 aromatic carbocycles. The number of hydrogen-bond donors (Lipinski definition) is 1. The third-order valence-corrected chi connectivity index (χ3v) is 5.89. The largest absolute Gasteiger partial charge is 0.307 e. The SMILES string of the molecule is CC1CS(=O)(=O)N(c2ccc(Cl)c(C(=O)Nc3ccccn3)c2)C1=O. The zero-order valence-corrected chi connectivity index (χ0v) is 14.7. The van der Waals surface area contributed by atoms with Crippen LogP contribution in [0.1, 0.15) is 17.3 Å². The molecule has 3 rings (SSSR count). The molecule has 1 atom stereocenters. The third-order valence-electron chi connectivity index (χ3n) is 3.70. The van der Waals surface area contributed by atoms with Gasteiger partial charge in [0.2, 0.25) is 15.9 Å². The molecule has 2 amide bonds. The summed E-state index contributed by atoms with van der Waals surface area (Å²) in [7, 11) is -3.76. The molecule has 1 N–H and O–H groups in total. The van der Waals surface area contributed by atoms with Gasteiger partial charge in [-0.3, -0.25) is 9.59 Å². The van der Waals surface area contributed by atoms with Crippen molar-refractivity contribution in [3.05, 3.63) is 53.2 Å². The van der Waals surface area contributed by atoms with E-state index in [0.29, 0.717) is 5.82 Å². The summed E-state index contributed by atoms with van der Waals surface area (Å²) in [5.74, 6) is -1.65. The Hall–Kier alpha value is -2.45. The van der Waals surface area contributed by atoms with Gasteiger partial charge in [-0.05, 0) is 30.3 Å². The van der Waals surface area contributed by atoms with Gasteiger partial charge < -0.3 is 5.32 Å². The number of carbonyl (C=O) groups excluding carboxylic acids is 2. The van der Waals surface area contributed by atoms with Crippen molar-refractivity contribution in [1.82, 2.24) is 4.98 Å². The lowest BCUT2D eigenvalue weighted by molar-refractivity contribution is -0.119. The molecule has 0 aliphatic carbocycles. The second-order valence-electron chi connectivity index (χ2n) is 5.62. The highest BCUT2D eigenvalue weighted by Crippen LogP contribution is 2.31. The first-order valence-electron chi connectivity index (χ1n) is 7.38. The molecule has 7 nitrogen and oxygen atoms in total. The molecule has 0 saturated carbocycles. The van der Waals surface area contributed by atoms with Gasteiger partial charge in [0, 0.05) is 6.20 Å². The fourth-order valence-electron chi connectivity index (χ4n) is 2.52. The lowest BCUT2D eigenvalue weighted by Gasteiger charge is -2.16. The summed E-state index contributed by atoms with van der Waals surface area (Å²) in [5, 5.41) is 2.70. The molecular weight excluding hydrogens is 366 g/mol. The molecule has 1 saturated heterocycles. The number of amides is 2. The number of rotatable bonds is 3. The Morgan fingerprint density at radius 3 is 2.68 bits per heavy atom. The first-order valence-corrected chi connectivity index (χ1v) is 9.37. The van der Waals surface area contributed by atoms with Crippen molar-refractivity contribution >= 4 is 44.9 Å². The lowest BCUT2D eigenvalue weighted by atomic mass is 10.1. The smallest absolute Gasteiger partial charge is 0.258 e. The highest BCUT2D eigenvalue weighted by atomic mass is 35.5. The zero-order valence-electron chi connectivity index (χ0n) is 13.1. The van der Waals surface area contributed by atoms with Crippen molar-refractivity contribution in [1.29, 1.82) is 0 Å². The standard InChI is InChI=1S/C16H14ClN3O4S/c1-10-9-25(23,24)20(16(10)22)11-5-6-13(17)12(8-11)15(21)19-14-4-2-3-7-18-14/h2-8,10H,9H2,1H3,(H,18,19,21). The van der Waals surface area contributed by atoms with Crippen molar-refractivity contribution in [2.24, 2.45) is 5.92 Å². The van der Waals surface area contributed by atoms with Gasteiger partial charge >= 0.3 is 0 Å². The summed E-state index contributed by atoms with van der Waals surface area (Å²) in [6, 6.07) is 9.08. The molecule has 25 heavy (non-hydrogen) atoms. The maximum absolute atomic E-state index is 12.4. The lowest BCUT2D eigenvalue weighted by Crippen LogP contribution is -2.30. The van der Waals surface area contributed by atoms with Gasteiger partial charge in [-0.1, -0.05) is 24.6 Å². The number of aromatic nitrogens is 1. The molecule has 9 heteroatoms. The number of pyridine rings is 1. The molecular formula is C16H14ClN3O4S. The Bertz CT molecular complexity index is 947. The Balaban J connectivity index is 1.96. The van der Waals surface area contributed by atoms with E-state index in [1.54, 1.807) is 25.1 Å². The molecule has 2 heterocycles. The molecule has 1 aliphatic heterocycles. The van der Waals surface area contributed by atoms with E-state index in [1.807, 2.05) is 0 Å². The average Bonchev–Trinajstić information content (AvgIpc) is 2.77. The second-order valence-corrected chi connectivity index (χ2v) is 7.89. The number of anilines is 2. The number of carbonyl (C=O) groups is 2. The quantitative estimate of drug-likeness (QED) is 0.882. The van der Waals surface area contributed by atoms with E-state index in [0.717, 1.165) is 4.31 Å². The Labute approximate surface area is 149 Å². The fraction of sp³-hybridized carbons (Fsp3) is 0.188. The van der Waals surface area contributed by atoms with E-state index in [9.17, 15) is 18.0 Å². The van der Waals surface area contributed by atoms with E-state index < -0.39 is 27.8 Å². The molecule has 0 spiro atoms. The van der Waals surface area contributed by atoms with Crippen LogP contribution >= 0.6 is 11.6 Å². The van der Waals surface area contributed by atoms with Crippen molar-refractivity contribution in [3.63, 3.8) is 0 Å². The van der Waals surface area contributed by atoms with Gasteiger partial charge in [0.15, 0.2) is 0 Å². The van der Waals surface area contributed by atoms with Gasteiger partial charge in [-0.15, -0.1) is 0 Å². The maximum Gasteiger partial charge on any atom is 0.258 e. The minimum absolute atomic E-state index is 0.0485. The van der Waals surface area contributed by atoms with Crippen molar-refractivity contribution in [2.45, 2.75) is 6.92 Å². The van der Waals surface area contributed by atoms with Crippen LogP contribution in [0, 0.1) is 5.92 Å². The monoisotopic (exact) mass is 379 g/mol. The van der Waals surface area contributed by atoms with Crippen LogP contribution in [0.5, 0.6) is 0 Å². The topological polar surface area (TPSA) is 96.4 Å². The summed E-state index contributed by atoms with van der Waals surface area (Å²) in [6.07, 6.45) is 1.52. The molecule has 0 bridgehead atoms. The molecule has 1 aliphatic rings. The Morgan fingerprint density at radius 1 is 1.32 bits per heavy atom. The highest BCUT2D eigenvalue weighted by molar-refractivity contribution is 7.94. The number of halogens is 1. The first kappa shape index (κ1) is 17.4. The van der Waals surface area contributed by atoms with Crippen molar-refractivity contribution in [2.75, 3.05) is 15.4 Å². The summed E-state index contributed by atoms with van der Waals surface area (Å²) in [4.78, 5) is 28.6. The van der Waals surface area contributed by atoms with Crippen molar-refractivity contribution < 1.29 is 18.0 Å². The van der Waals surface area contributed by atoms with Crippen LogP contribution in [0.25, 0.3) is 0 Å². The van der Waals surface area contributed by atoms with Crippen LogP contribution in [0.3, 0.4) is 0 Å². The van der Waals surface area contributed by atoms with Crippen LogP contribution in [-0.4, -0.2) is 31.0 Å². The maximum atomic E-state index is 12.4. The minimum atomic E-state index is -3.76. The number of benzene rings is 1. The molecule has 1 aromatic heterocycles. The van der Waals surface area contributed by atoms with Crippen LogP contribution in [0.2, 0.25) is 5.02 Å². The summed E-state index contributed by atoms with van der Waals surface area (Å²) >= 11 is 6.07. The van der Waals surface area contributed by atoms with E-state index in [4.69, 9.17) is 11.6 Å². The molecule has 130 valence electrons. The number of hydrogen-bond acceptors (Lipinski definition) is 5. The summed E-state index contributed by atoms with van der Waals surface area (Å²) in [6.45, 7) is 1.55. The van der Waals surface area contributed by atoms with Crippen molar-refractivity contribution in [3.8, 4) is 0 Å². The predicted octanol–water partition coefficient (Wildman–Crippen LogP) is 2.30. The average molecular weight is 380 g/mol. The van der Waals surface area contributed by atoms with E-state index in [1.165, 1.54) is 24.4 Å². The summed E-state index contributed by atoms with van der Waals surface area (Å²) in [5.41, 5.74) is 0.136. The molecule has 1 unspecified atom stereocenters. The highest BCUT2D eigenvalue weighted by Gasteiger charge is 2.42. The number of nitrogens with one attached hydrogen (secondary N) is 1. The van der Waals surface area contributed by atoms with Gasteiger partial charge in [-0.25, -0.2) is 17.7 Å². The van der Waals surface area contributed by atoms with E-state index in [2.05, 4.69) is 10.3 Å². The first-order chi connectivity index (χ1) is 11.8. The van der Waals surface area contributed by atoms with Gasteiger partial charge in [-0.2, -0.15) is 0 Å². The number of nitrogens with zero attached hydrogens (tertiary/aromatic N) is 2. The molecule has 2 aromatic rings. The molecule has 0 radical (unpaired) electrons. The minimum Gasteiger partial charge on any atom is -0.307 e. The predicted molar refractivity (Wildman–Crippen MR) is 94.1 cm³/mol. The van der Waals surface area contributed by atoms with Crippen LogP contribution < -0.4 is 9.62 Å². The second kappa shape index (κ2) is 6.45. The van der Waals surface area contributed by atoms with Gasteiger partial charge in [0.1, 0.15) is 5.82 Å². The third kappa shape index (κ3) is 3.35. The summed E-state index contributed by atoms with van der Waals surface area (Å²) < 4.78 is 25.1. The van der Waals surface area contributed by atoms with Gasteiger partial charge in [0.05, 0.1) is 27.9 Å². The van der Waals surface area contributed by atoms with Crippen LogP contribution in [-0.2, 0) is 14.8 Å². The number of sulfonamides is 1. The fourth-order valence-corrected chi connectivity index (χ4v) is 4.54. The Kier molecular flexibility index (Phi) is 4.49. The van der Waals surface area contributed by atoms with E-state index >= 15 is 0 Å². The normalized spacial score (nSPS) is 19.0. The van der Waals surface area contributed by atoms with E-state index in [-0.39, 0.29) is 22.0 Å².